The standard InChI is InChI=1S/C11H15N2O14P3S/c1-2-11(16)8(15)6(25-9(11)13-4-3-7(14)12-10(13)31)5-24-29(20,21)27-30(22,23)26-28(17,18)19/h1,3-4,6,8-9,15-16H,5H2,(H,20,21)(H,22,23)(H,12,14,31)(H2,17,18,19)/t6-,8?,9-,11-/m1/s1. The first kappa shape index (κ1) is 26.2. The highest BCUT2D eigenvalue weighted by Gasteiger charge is 2.56. The van der Waals surface area contributed by atoms with Crippen molar-refractivity contribution in [3.63, 3.8) is 0 Å². The second-order valence-electron chi connectivity index (χ2n) is 5.85. The minimum absolute atomic E-state index is 0.257. The highest BCUT2D eigenvalue weighted by Crippen LogP contribution is 2.66. The quantitative estimate of drug-likeness (QED) is 0.121. The Bertz CT molecular complexity index is 1140. The van der Waals surface area contributed by atoms with Crippen molar-refractivity contribution in [3.05, 3.63) is 27.4 Å². The van der Waals surface area contributed by atoms with Gasteiger partial charge in [0.05, 0.1) is 6.61 Å². The molecule has 0 aromatic carbocycles. The van der Waals surface area contributed by atoms with Crippen LogP contribution in [0, 0.1) is 17.1 Å². The van der Waals surface area contributed by atoms with E-state index in [1.165, 1.54) is 0 Å². The van der Waals surface area contributed by atoms with Crippen LogP contribution in [0.5, 0.6) is 0 Å². The molecule has 3 unspecified atom stereocenters. The van der Waals surface area contributed by atoms with E-state index < -0.39 is 59.7 Å². The van der Waals surface area contributed by atoms with Crippen molar-refractivity contribution in [2.45, 2.75) is 24.0 Å². The number of nitrogens with one attached hydrogen (secondary N) is 1. The topological polar surface area (TPSA) is 247 Å². The number of terminal acetylenes is 1. The summed E-state index contributed by atoms with van der Waals surface area (Å²) in [6, 6.07) is 1.00. The van der Waals surface area contributed by atoms with Crippen LogP contribution in [0.4, 0.5) is 0 Å². The van der Waals surface area contributed by atoms with E-state index in [4.69, 9.17) is 38.1 Å². The molecule has 1 saturated heterocycles. The fraction of sp³-hybridized carbons (Fsp3) is 0.455. The van der Waals surface area contributed by atoms with Gasteiger partial charge in [-0.2, -0.15) is 8.62 Å². The van der Waals surface area contributed by atoms with Crippen LogP contribution < -0.4 is 5.56 Å². The van der Waals surface area contributed by atoms with Crippen LogP contribution in [0.15, 0.2) is 17.1 Å². The van der Waals surface area contributed by atoms with Crippen molar-refractivity contribution in [1.82, 2.24) is 9.55 Å². The average Bonchev–Trinajstić information content (AvgIpc) is 2.82. The van der Waals surface area contributed by atoms with E-state index in [0.717, 1.165) is 16.8 Å². The second kappa shape index (κ2) is 9.06. The van der Waals surface area contributed by atoms with Gasteiger partial charge in [0, 0.05) is 12.3 Å². The molecule has 1 aliphatic heterocycles. The molecule has 2 rings (SSSR count). The molecule has 1 aliphatic rings. The Balaban J connectivity index is 2.19. The lowest BCUT2D eigenvalue weighted by Crippen LogP contribution is -2.46. The van der Waals surface area contributed by atoms with Crippen molar-refractivity contribution in [2.24, 2.45) is 0 Å². The summed E-state index contributed by atoms with van der Waals surface area (Å²) >= 11 is 4.92. The maximum Gasteiger partial charge on any atom is 0.490 e. The van der Waals surface area contributed by atoms with E-state index in [-0.39, 0.29) is 4.77 Å². The summed E-state index contributed by atoms with van der Waals surface area (Å²) in [5, 5.41) is 20.9. The molecule has 174 valence electrons. The first-order chi connectivity index (χ1) is 14.0. The van der Waals surface area contributed by atoms with Crippen molar-refractivity contribution >= 4 is 35.7 Å². The molecular weight excluding hydrogens is 509 g/mol. The van der Waals surface area contributed by atoms with Gasteiger partial charge in [0.25, 0.3) is 5.56 Å². The molecule has 0 radical (unpaired) electrons. The molecule has 1 fully saturated rings. The molecule has 6 atom stereocenters. The predicted octanol–water partition coefficient (Wildman–Crippen LogP) is -1.13. The van der Waals surface area contributed by atoms with Gasteiger partial charge < -0.3 is 34.5 Å². The molecule has 0 saturated carbocycles. The van der Waals surface area contributed by atoms with E-state index in [9.17, 15) is 33.6 Å². The predicted molar refractivity (Wildman–Crippen MR) is 99.4 cm³/mol. The number of H-pyrrole nitrogens is 1. The van der Waals surface area contributed by atoms with Gasteiger partial charge in [-0.3, -0.25) is 18.9 Å². The summed E-state index contributed by atoms with van der Waals surface area (Å²) < 4.78 is 51.2. The molecule has 20 heteroatoms. The molecule has 0 amide bonds. The largest absolute Gasteiger partial charge is 0.490 e. The number of nitrogens with zero attached hydrogens (tertiary/aromatic N) is 1. The van der Waals surface area contributed by atoms with E-state index in [1.807, 2.05) is 5.92 Å². The lowest BCUT2D eigenvalue weighted by molar-refractivity contribution is -0.0751. The van der Waals surface area contributed by atoms with Crippen LogP contribution in [-0.2, 0) is 31.6 Å². The number of ether oxygens (including phenoxy) is 1. The number of phosphoric acid groups is 3. The third kappa shape index (κ3) is 6.48. The monoisotopic (exact) mass is 524 g/mol. The summed E-state index contributed by atoms with van der Waals surface area (Å²) in [5.41, 5.74) is -3.06. The number of aliphatic hydroxyl groups is 2. The van der Waals surface area contributed by atoms with Crippen LogP contribution in [-0.4, -0.2) is 63.8 Å². The first-order valence-electron chi connectivity index (χ1n) is 7.63. The van der Waals surface area contributed by atoms with Crippen molar-refractivity contribution < 1.29 is 61.4 Å². The molecule has 2 heterocycles. The number of aromatic amines is 1. The Morgan fingerprint density at radius 1 is 1.26 bits per heavy atom. The van der Waals surface area contributed by atoms with E-state index in [0.29, 0.717) is 0 Å². The van der Waals surface area contributed by atoms with Crippen LogP contribution in [0.3, 0.4) is 0 Å². The van der Waals surface area contributed by atoms with Crippen molar-refractivity contribution in [1.29, 1.82) is 0 Å². The van der Waals surface area contributed by atoms with Gasteiger partial charge in [-0.25, -0.2) is 13.7 Å². The molecule has 31 heavy (non-hydrogen) atoms. The molecule has 0 bridgehead atoms. The molecular formula is C11H15N2O14P3S. The lowest BCUT2D eigenvalue weighted by atomic mass is 9.95. The summed E-state index contributed by atoms with van der Waals surface area (Å²) in [6.07, 6.45) is 1.13. The van der Waals surface area contributed by atoms with E-state index >= 15 is 0 Å². The van der Waals surface area contributed by atoms with Gasteiger partial charge in [0.1, 0.15) is 12.2 Å². The Hall–Kier alpha value is -1.05. The van der Waals surface area contributed by atoms with Crippen LogP contribution in [0.1, 0.15) is 6.23 Å². The molecule has 1 aromatic heterocycles. The Labute approximate surface area is 177 Å². The Kier molecular flexibility index (Phi) is 7.66. The third-order valence-electron chi connectivity index (χ3n) is 3.64. The van der Waals surface area contributed by atoms with E-state index in [1.54, 1.807) is 0 Å². The van der Waals surface area contributed by atoms with Gasteiger partial charge in [0.15, 0.2) is 16.6 Å². The van der Waals surface area contributed by atoms with Crippen molar-refractivity contribution in [3.8, 4) is 12.3 Å². The third-order valence-corrected chi connectivity index (χ3v) is 7.75. The average molecular weight is 524 g/mol. The molecule has 16 nitrogen and oxygen atoms in total. The second-order valence-corrected chi connectivity index (χ2v) is 10.7. The van der Waals surface area contributed by atoms with Crippen LogP contribution >= 0.6 is 35.7 Å². The number of aromatic nitrogens is 2. The fourth-order valence-corrected chi connectivity index (χ4v) is 5.71. The molecule has 1 aromatic rings. The lowest BCUT2D eigenvalue weighted by Gasteiger charge is -2.26. The van der Waals surface area contributed by atoms with Crippen LogP contribution in [0.25, 0.3) is 0 Å². The number of hydrogen-bond acceptors (Lipinski definition) is 11. The van der Waals surface area contributed by atoms with Gasteiger partial charge >= 0.3 is 23.5 Å². The van der Waals surface area contributed by atoms with Crippen LogP contribution in [0.2, 0.25) is 0 Å². The zero-order valence-electron chi connectivity index (χ0n) is 14.8. The first-order valence-corrected chi connectivity index (χ1v) is 12.6. The molecule has 0 aliphatic carbocycles. The Morgan fingerprint density at radius 3 is 2.39 bits per heavy atom. The number of rotatable bonds is 8. The zero-order valence-corrected chi connectivity index (χ0v) is 18.3. The zero-order chi connectivity index (χ0) is 23.8. The SMILES string of the molecule is C#C[C@@]1(O)C(O)[C@@H](COP(=O)(O)OP(=O)(O)OP(=O)(O)O)O[C@H]1n1ccc(=O)[nH]c1=S. The normalized spacial score (nSPS) is 30.3. The summed E-state index contributed by atoms with van der Waals surface area (Å²) in [5.74, 6) is 1.88. The maximum atomic E-state index is 11.8. The fourth-order valence-electron chi connectivity index (χ4n) is 2.42. The van der Waals surface area contributed by atoms with Gasteiger partial charge in [0.2, 0.25) is 0 Å². The molecule has 0 spiro atoms. The van der Waals surface area contributed by atoms with Gasteiger partial charge in [-0.1, -0.05) is 5.92 Å². The van der Waals surface area contributed by atoms with E-state index in [2.05, 4.69) is 18.1 Å². The summed E-state index contributed by atoms with van der Waals surface area (Å²) in [4.78, 5) is 49.1. The maximum absolute atomic E-state index is 11.8. The summed E-state index contributed by atoms with van der Waals surface area (Å²) in [6.45, 7) is -1.08. The molecule has 7 N–H and O–H groups in total. The minimum Gasteiger partial charge on any atom is -0.386 e. The van der Waals surface area contributed by atoms with Gasteiger partial charge in [-0.15, -0.1) is 6.42 Å². The number of phosphoric ester groups is 1. The minimum atomic E-state index is -5.75. The highest BCUT2D eigenvalue weighted by molar-refractivity contribution is 7.71. The van der Waals surface area contributed by atoms with Crippen molar-refractivity contribution in [2.75, 3.05) is 6.61 Å². The smallest absolute Gasteiger partial charge is 0.386 e. The summed E-state index contributed by atoms with van der Waals surface area (Å²) in [7, 11) is -16.8. The number of hydrogen-bond donors (Lipinski definition) is 7. The van der Waals surface area contributed by atoms with Gasteiger partial charge in [-0.05, 0) is 12.2 Å². The Morgan fingerprint density at radius 2 is 1.87 bits per heavy atom. The number of aliphatic hydroxyl groups excluding tert-OH is 1. The highest BCUT2D eigenvalue weighted by atomic mass is 32.1.